The zero-order valence-electron chi connectivity index (χ0n) is 17.3. The minimum atomic E-state index is -0.391. The van der Waals surface area contributed by atoms with Crippen molar-refractivity contribution in [1.82, 2.24) is 15.6 Å². The van der Waals surface area contributed by atoms with Crippen LogP contribution in [0.15, 0.2) is 60.8 Å². The largest absolute Gasteiger partial charge is 0.361 e. The number of hydrogen-bond donors (Lipinski definition) is 3. The summed E-state index contributed by atoms with van der Waals surface area (Å²) in [6.07, 6.45) is 3.11. The Kier molecular flexibility index (Phi) is 6.31. The number of benzene rings is 2. The summed E-state index contributed by atoms with van der Waals surface area (Å²) in [6, 6.07) is 17.4. The van der Waals surface area contributed by atoms with Gasteiger partial charge in [0.05, 0.1) is 5.92 Å². The molecular weight excluding hydrogens is 392 g/mol. The molecule has 2 heterocycles. The summed E-state index contributed by atoms with van der Waals surface area (Å²) in [5.74, 6) is -0.731. The van der Waals surface area contributed by atoms with Crippen LogP contribution in [0.1, 0.15) is 18.4 Å². The summed E-state index contributed by atoms with van der Waals surface area (Å²) in [5, 5.41) is 6.86. The number of aromatic amines is 1. The Hall–Kier alpha value is -3.61. The molecule has 1 aliphatic heterocycles. The van der Waals surface area contributed by atoms with Gasteiger partial charge in [0.2, 0.25) is 17.7 Å². The van der Waals surface area contributed by atoms with Crippen LogP contribution in [0.2, 0.25) is 0 Å². The summed E-state index contributed by atoms with van der Waals surface area (Å²) >= 11 is 0. The summed E-state index contributed by atoms with van der Waals surface area (Å²) in [6.45, 7) is 1.16. The Morgan fingerprint density at radius 2 is 1.77 bits per heavy atom. The molecule has 0 aliphatic carbocycles. The number of aromatic nitrogens is 1. The zero-order valence-corrected chi connectivity index (χ0v) is 17.3. The highest BCUT2D eigenvalue weighted by Crippen LogP contribution is 2.24. The van der Waals surface area contributed by atoms with Crippen molar-refractivity contribution in [1.29, 1.82) is 0 Å². The SMILES string of the molecule is O=C(CCNC(=O)[C@H]1CC(=O)N(c2ccccc2)C1)NCCc1c[nH]c2ccccc12. The molecule has 3 aromatic rings. The van der Waals surface area contributed by atoms with Crippen molar-refractivity contribution in [2.45, 2.75) is 19.3 Å². The Balaban J connectivity index is 1.17. The molecule has 1 aliphatic rings. The van der Waals surface area contributed by atoms with Gasteiger partial charge in [0.15, 0.2) is 0 Å². The summed E-state index contributed by atoms with van der Waals surface area (Å²) < 4.78 is 0. The van der Waals surface area contributed by atoms with Crippen LogP contribution in [0.3, 0.4) is 0 Å². The third kappa shape index (κ3) is 4.94. The van der Waals surface area contributed by atoms with Gasteiger partial charge in [0.25, 0.3) is 0 Å². The van der Waals surface area contributed by atoms with E-state index in [2.05, 4.69) is 21.7 Å². The second kappa shape index (κ2) is 9.47. The third-order valence-electron chi connectivity index (χ3n) is 5.61. The second-order valence-corrected chi connectivity index (χ2v) is 7.74. The lowest BCUT2D eigenvalue weighted by molar-refractivity contribution is -0.126. The van der Waals surface area contributed by atoms with E-state index in [-0.39, 0.29) is 37.1 Å². The number of para-hydroxylation sites is 2. The lowest BCUT2D eigenvalue weighted by atomic mass is 10.1. The van der Waals surface area contributed by atoms with Crippen LogP contribution in [0.25, 0.3) is 10.9 Å². The molecule has 3 amide bonds. The molecule has 1 atom stereocenters. The van der Waals surface area contributed by atoms with E-state index in [1.54, 1.807) is 4.90 Å². The topological polar surface area (TPSA) is 94.3 Å². The van der Waals surface area contributed by atoms with Gasteiger partial charge in [-0.05, 0) is 30.2 Å². The standard InChI is InChI=1S/C24H26N4O3/c29-22(25-12-10-17-15-27-21-9-5-4-8-20(17)21)11-13-26-24(31)18-14-23(30)28(16-18)19-6-2-1-3-7-19/h1-9,15,18,27H,10-14,16H2,(H,25,29)(H,26,31)/t18-/m0/s1. The Morgan fingerprint density at radius 3 is 2.61 bits per heavy atom. The van der Waals surface area contributed by atoms with Gasteiger partial charge in [0, 0.05) is 55.3 Å². The lowest BCUT2D eigenvalue weighted by Crippen LogP contribution is -2.36. The first-order valence-electron chi connectivity index (χ1n) is 10.6. The third-order valence-corrected chi connectivity index (χ3v) is 5.61. The van der Waals surface area contributed by atoms with E-state index in [9.17, 15) is 14.4 Å². The lowest BCUT2D eigenvalue weighted by Gasteiger charge is -2.16. The summed E-state index contributed by atoms with van der Waals surface area (Å²) in [4.78, 5) is 41.6. The number of carbonyl (C=O) groups excluding carboxylic acids is 3. The zero-order chi connectivity index (χ0) is 21.6. The number of hydrogen-bond acceptors (Lipinski definition) is 3. The van der Waals surface area contributed by atoms with Crippen LogP contribution >= 0.6 is 0 Å². The van der Waals surface area contributed by atoms with Crippen LogP contribution in [-0.4, -0.2) is 42.3 Å². The molecule has 7 heteroatoms. The van der Waals surface area contributed by atoms with Crippen LogP contribution in [0.4, 0.5) is 5.69 Å². The van der Waals surface area contributed by atoms with Crippen LogP contribution in [0.5, 0.6) is 0 Å². The molecule has 0 radical (unpaired) electrons. The molecule has 3 N–H and O–H groups in total. The summed E-state index contributed by atoms with van der Waals surface area (Å²) in [7, 11) is 0. The van der Waals surface area contributed by atoms with E-state index in [0.717, 1.165) is 23.2 Å². The average Bonchev–Trinajstić information content (AvgIpc) is 3.38. The first kappa shape index (κ1) is 20.7. The molecule has 0 unspecified atom stereocenters. The Bertz CT molecular complexity index is 1080. The van der Waals surface area contributed by atoms with Gasteiger partial charge < -0.3 is 20.5 Å². The summed E-state index contributed by atoms with van der Waals surface area (Å²) in [5.41, 5.74) is 3.05. The number of rotatable bonds is 8. The van der Waals surface area contributed by atoms with E-state index < -0.39 is 5.92 Å². The van der Waals surface area contributed by atoms with E-state index in [1.165, 1.54) is 5.39 Å². The number of amides is 3. The molecule has 160 valence electrons. The second-order valence-electron chi connectivity index (χ2n) is 7.74. The fraction of sp³-hybridized carbons (Fsp3) is 0.292. The molecule has 31 heavy (non-hydrogen) atoms. The molecule has 0 bridgehead atoms. The first-order valence-corrected chi connectivity index (χ1v) is 10.6. The van der Waals surface area contributed by atoms with Crippen molar-refractivity contribution in [3.63, 3.8) is 0 Å². The molecule has 4 rings (SSSR count). The smallest absolute Gasteiger partial charge is 0.227 e. The molecule has 1 saturated heterocycles. The molecule has 0 saturated carbocycles. The monoisotopic (exact) mass is 418 g/mol. The number of nitrogens with one attached hydrogen (secondary N) is 3. The molecule has 7 nitrogen and oxygen atoms in total. The quantitative estimate of drug-likeness (QED) is 0.524. The predicted molar refractivity (Wildman–Crippen MR) is 120 cm³/mol. The first-order chi connectivity index (χ1) is 15.1. The van der Waals surface area contributed by atoms with Gasteiger partial charge in [-0.1, -0.05) is 36.4 Å². The van der Waals surface area contributed by atoms with Gasteiger partial charge in [-0.25, -0.2) is 0 Å². The number of anilines is 1. The van der Waals surface area contributed by atoms with Gasteiger partial charge in [-0.3, -0.25) is 14.4 Å². The normalized spacial score (nSPS) is 15.9. The van der Waals surface area contributed by atoms with Gasteiger partial charge in [-0.15, -0.1) is 0 Å². The molecule has 2 aromatic carbocycles. The number of fused-ring (bicyclic) bond motifs is 1. The number of H-pyrrole nitrogens is 1. The van der Waals surface area contributed by atoms with Crippen molar-refractivity contribution in [2.75, 3.05) is 24.5 Å². The van der Waals surface area contributed by atoms with Crippen molar-refractivity contribution < 1.29 is 14.4 Å². The highest BCUT2D eigenvalue weighted by Gasteiger charge is 2.34. The van der Waals surface area contributed by atoms with Crippen LogP contribution < -0.4 is 15.5 Å². The minimum absolute atomic E-state index is 0.0543. The number of nitrogens with zero attached hydrogens (tertiary/aromatic N) is 1. The van der Waals surface area contributed by atoms with Crippen molar-refractivity contribution in [2.24, 2.45) is 5.92 Å². The predicted octanol–water partition coefficient (Wildman–Crippen LogP) is 2.39. The molecule has 0 spiro atoms. The fourth-order valence-corrected chi connectivity index (χ4v) is 3.95. The Labute approximate surface area is 180 Å². The van der Waals surface area contributed by atoms with Gasteiger partial charge in [0.1, 0.15) is 0 Å². The molecule has 1 aromatic heterocycles. The van der Waals surface area contributed by atoms with Crippen LogP contribution in [0, 0.1) is 5.92 Å². The van der Waals surface area contributed by atoms with Gasteiger partial charge >= 0.3 is 0 Å². The maximum Gasteiger partial charge on any atom is 0.227 e. The highest BCUT2D eigenvalue weighted by molar-refractivity contribution is 6.00. The van der Waals surface area contributed by atoms with Crippen molar-refractivity contribution in [3.8, 4) is 0 Å². The van der Waals surface area contributed by atoms with Gasteiger partial charge in [-0.2, -0.15) is 0 Å². The average molecular weight is 418 g/mol. The minimum Gasteiger partial charge on any atom is -0.361 e. The fourth-order valence-electron chi connectivity index (χ4n) is 3.95. The molecule has 1 fully saturated rings. The van der Waals surface area contributed by atoms with E-state index in [1.807, 2.05) is 54.7 Å². The maximum atomic E-state index is 12.4. The van der Waals surface area contributed by atoms with Crippen molar-refractivity contribution >= 4 is 34.3 Å². The number of carbonyl (C=O) groups is 3. The maximum absolute atomic E-state index is 12.4. The van der Waals surface area contributed by atoms with Crippen LogP contribution in [-0.2, 0) is 20.8 Å². The van der Waals surface area contributed by atoms with E-state index in [0.29, 0.717) is 13.1 Å². The highest BCUT2D eigenvalue weighted by atomic mass is 16.2. The van der Waals surface area contributed by atoms with E-state index >= 15 is 0 Å². The van der Waals surface area contributed by atoms with Crippen molar-refractivity contribution in [3.05, 3.63) is 66.4 Å². The Morgan fingerprint density at radius 1 is 1.00 bits per heavy atom. The van der Waals surface area contributed by atoms with E-state index in [4.69, 9.17) is 0 Å². The molecular formula is C24H26N4O3.